The van der Waals surface area contributed by atoms with E-state index in [1.807, 2.05) is 25.1 Å². The van der Waals surface area contributed by atoms with Crippen LogP contribution in [0, 0.1) is 0 Å². The lowest BCUT2D eigenvalue weighted by Gasteiger charge is -2.16. The molecule has 3 rings (SSSR count). The summed E-state index contributed by atoms with van der Waals surface area (Å²) in [7, 11) is 3.99. The summed E-state index contributed by atoms with van der Waals surface area (Å²) in [6, 6.07) is 14.6. The first-order valence-electron chi connectivity index (χ1n) is 6.73. The molecule has 2 aromatic rings. The van der Waals surface area contributed by atoms with Crippen LogP contribution in [0.25, 0.3) is 11.8 Å². The van der Waals surface area contributed by atoms with Gasteiger partial charge in [0.15, 0.2) is 0 Å². The van der Waals surface area contributed by atoms with E-state index in [-0.39, 0.29) is 0 Å². The van der Waals surface area contributed by atoms with Crippen LogP contribution in [0.2, 0.25) is 0 Å². The van der Waals surface area contributed by atoms with Gasteiger partial charge in [0.1, 0.15) is 12.5 Å². The molecule has 4 heteroatoms. The van der Waals surface area contributed by atoms with Gasteiger partial charge in [-0.15, -0.1) is 12.6 Å². The van der Waals surface area contributed by atoms with Crippen molar-refractivity contribution in [3.63, 3.8) is 0 Å². The molecule has 0 aromatic heterocycles. The Kier molecular flexibility index (Phi) is 4.29. The fraction of sp³-hybridized carbons (Fsp3) is 0.176. The first-order chi connectivity index (χ1) is 10.1. The molecule has 0 radical (unpaired) electrons. The maximum atomic E-state index is 6.00. The van der Waals surface area contributed by atoms with Crippen LogP contribution in [-0.2, 0) is 4.74 Å². The van der Waals surface area contributed by atoms with E-state index in [9.17, 15) is 0 Å². The summed E-state index contributed by atoms with van der Waals surface area (Å²) < 4.78 is 6.00. The summed E-state index contributed by atoms with van der Waals surface area (Å²) in [6.07, 6.45) is 2.12. The minimum Gasteiger partial charge on any atom is -0.477 e. The molecule has 1 heterocycles. The van der Waals surface area contributed by atoms with Gasteiger partial charge in [-0.05, 0) is 50.0 Å². The Balaban J connectivity index is 2.09. The molecule has 0 atom stereocenters. The van der Waals surface area contributed by atoms with Gasteiger partial charge in [-0.1, -0.05) is 30.0 Å². The molecule has 0 saturated carbocycles. The van der Waals surface area contributed by atoms with Gasteiger partial charge >= 0.3 is 0 Å². The highest BCUT2D eigenvalue weighted by molar-refractivity contribution is 7.99. The molecular formula is C17H17NOS2. The first kappa shape index (κ1) is 14.6. The van der Waals surface area contributed by atoms with Gasteiger partial charge < -0.3 is 4.74 Å². The molecule has 0 saturated heterocycles. The minimum atomic E-state index is 0.551. The number of rotatable bonds is 3. The van der Waals surface area contributed by atoms with E-state index in [0.717, 1.165) is 16.2 Å². The van der Waals surface area contributed by atoms with E-state index in [1.54, 1.807) is 11.8 Å². The van der Waals surface area contributed by atoms with Crippen molar-refractivity contribution in [2.45, 2.75) is 14.7 Å². The zero-order valence-electron chi connectivity index (χ0n) is 12.0. The summed E-state index contributed by atoms with van der Waals surface area (Å²) in [6.45, 7) is 0.551. The van der Waals surface area contributed by atoms with Gasteiger partial charge in [0.05, 0.1) is 0 Å². The third kappa shape index (κ3) is 3.28. The molecule has 2 aromatic carbocycles. The van der Waals surface area contributed by atoms with Crippen LogP contribution in [0.4, 0.5) is 0 Å². The molecule has 0 N–H and O–H groups in total. The van der Waals surface area contributed by atoms with Crippen molar-refractivity contribution < 1.29 is 4.74 Å². The zero-order chi connectivity index (χ0) is 14.8. The Hall–Kier alpha value is -1.36. The van der Waals surface area contributed by atoms with E-state index in [4.69, 9.17) is 4.74 Å². The molecule has 0 bridgehead atoms. The third-order valence-electron chi connectivity index (χ3n) is 3.13. The predicted molar refractivity (Wildman–Crippen MR) is 91.8 cm³/mol. The Bertz CT molecular complexity index is 695. The van der Waals surface area contributed by atoms with Gasteiger partial charge in [0, 0.05) is 20.2 Å². The normalized spacial score (nSPS) is 13.2. The van der Waals surface area contributed by atoms with Gasteiger partial charge in [-0.25, -0.2) is 0 Å². The van der Waals surface area contributed by atoms with Gasteiger partial charge in [-0.2, -0.15) is 0 Å². The highest BCUT2D eigenvalue weighted by atomic mass is 32.2. The van der Waals surface area contributed by atoms with E-state index in [2.05, 4.69) is 55.1 Å². The molecule has 0 unspecified atom stereocenters. The van der Waals surface area contributed by atoms with Crippen LogP contribution >= 0.6 is 24.4 Å². The number of hydrogen-bond acceptors (Lipinski definition) is 4. The Morgan fingerprint density at radius 3 is 2.71 bits per heavy atom. The van der Waals surface area contributed by atoms with Crippen LogP contribution < -0.4 is 0 Å². The smallest absolute Gasteiger partial charge is 0.141 e. The highest BCUT2D eigenvalue weighted by Gasteiger charge is 2.17. The second-order valence-corrected chi connectivity index (χ2v) is 6.78. The fourth-order valence-electron chi connectivity index (χ4n) is 2.15. The van der Waals surface area contributed by atoms with Gasteiger partial charge in [0.25, 0.3) is 0 Å². The van der Waals surface area contributed by atoms with Crippen molar-refractivity contribution in [2.24, 2.45) is 0 Å². The molecule has 1 aliphatic heterocycles. The standard InChI is InChI=1S/C17H17NOS2/c1-18(2)11-19-15-9-12-5-3-4-6-16(12)21-17-8-7-13(20)10-14(15)17/h3-10,20H,11H2,1-2H3. The molecule has 0 spiro atoms. The van der Waals surface area contributed by atoms with Crippen LogP contribution in [0.1, 0.15) is 11.1 Å². The fourth-order valence-corrected chi connectivity index (χ4v) is 3.39. The third-order valence-corrected chi connectivity index (χ3v) is 4.58. The summed E-state index contributed by atoms with van der Waals surface area (Å²) in [5.41, 5.74) is 2.29. The Morgan fingerprint density at radius 1 is 1.10 bits per heavy atom. The van der Waals surface area contributed by atoms with Crippen molar-refractivity contribution in [1.29, 1.82) is 0 Å². The average Bonchev–Trinajstić information content (AvgIpc) is 2.61. The molecule has 0 amide bonds. The van der Waals surface area contributed by atoms with E-state index < -0.39 is 0 Å². The Morgan fingerprint density at radius 2 is 1.90 bits per heavy atom. The molecule has 0 fully saturated rings. The maximum absolute atomic E-state index is 6.00. The summed E-state index contributed by atoms with van der Waals surface area (Å²) in [5, 5.41) is 0. The molecular weight excluding hydrogens is 298 g/mol. The average molecular weight is 315 g/mol. The van der Waals surface area contributed by atoms with Gasteiger partial charge in [0.2, 0.25) is 0 Å². The Labute approximate surface area is 135 Å². The second-order valence-electron chi connectivity index (χ2n) is 5.18. The molecule has 0 aliphatic carbocycles. The first-order valence-corrected chi connectivity index (χ1v) is 7.99. The largest absolute Gasteiger partial charge is 0.477 e. The summed E-state index contributed by atoms with van der Waals surface area (Å²) in [5.74, 6) is 0.895. The van der Waals surface area contributed by atoms with E-state index in [1.165, 1.54) is 15.4 Å². The lowest BCUT2D eigenvalue weighted by atomic mass is 10.1. The van der Waals surface area contributed by atoms with Crippen LogP contribution in [-0.4, -0.2) is 25.7 Å². The highest BCUT2D eigenvalue weighted by Crippen LogP contribution is 2.41. The van der Waals surface area contributed by atoms with Crippen molar-refractivity contribution in [3.8, 4) is 0 Å². The number of nitrogens with zero attached hydrogens (tertiary/aromatic N) is 1. The quantitative estimate of drug-likeness (QED) is 0.663. The molecule has 1 aliphatic rings. The predicted octanol–water partition coefficient (Wildman–Crippen LogP) is 4.47. The van der Waals surface area contributed by atoms with Crippen molar-refractivity contribution in [2.75, 3.05) is 20.8 Å². The SMILES string of the molecule is CN(C)COC1=Cc2ccccc2Sc2ccc(S)cc21. The van der Waals surface area contributed by atoms with E-state index >= 15 is 0 Å². The minimum absolute atomic E-state index is 0.551. The monoisotopic (exact) mass is 315 g/mol. The van der Waals surface area contributed by atoms with E-state index in [0.29, 0.717) is 6.73 Å². The maximum Gasteiger partial charge on any atom is 0.141 e. The van der Waals surface area contributed by atoms with Crippen LogP contribution in [0.15, 0.2) is 57.2 Å². The van der Waals surface area contributed by atoms with Gasteiger partial charge in [-0.3, -0.25) is 4.90 Å². The zero-order valence-corrected chi connectivity index (χ0v) is 13.7. The van der Waals surface area contributed by atoms with Crippen LogP contribution in [0.3, 0.4) is 0 Å². The van der Waals surface area contributed by atoms with Crippen molar-refractivity contribution >= 4 is 36.2 Å². The summed E-state index contributed by atoms with van der Waals surface area (Å²) in [4.78, 5) is 5.39. The lowest BCUT2D eigenvalue weighted by molar-refractivity contribution is 0.152. The lowest BCUT2D eigenvalue weighted by Crippen LogP contribution is -2.15. The number of fused-ring (bicyclic) bond motifs is 2. The van der Waals surface area contributed by atoms with Crippen molar-refractivity contribution in [3.05, 3.63) is 53.6 Å². The topological polar surface area (TPSA) is 12.5 Å². The summed E-state index contributed by atoms with van der Waals surface area (Å²) >= 11 is 6.23. The molecule has 108 valence electrons. The van der Waals surface area contributed by atoms with Crippen LogP contribution in [0.5, 0.6) is 0 Å². The number of benzene rings is 2. The number of hydrogen-bond donors (Lipinski definition) is 1. The molecule has 2 nitrogen and oxygen atoms in total. The van der Waals surface area contributed by atoms with Crippen molar-refractivity contribution in [1.82, 2.24) is 4.90 Å². The number of thiol groups is 1. The molecule has 21 heavy (non-hydrogen) atoms. The number of ether oxygens (including phenoxy) is 1. The second kappa shape index (κ2) is 6.18.